The summed E-state index contributed by atoms with van der Waals surface area (Å²) in [6.45, 7) is 2.06. The highest BCUT2D eigenvalue weighted by Gasteiger charge is 2.13. The zero-order valence-electron chi connectivity index (χ0n) is 12.7. The predicted molar refractivity (Wildman–Crippen MR) is 89.7 cm³/mol. The molecule has 4 nitrogen and oxygen atoms in total. The number of anilines is 2. The Bertz CT molecular complexity index is 706. The van der Waals surface area contributed by atoms with Crippen molar-refractivity contribution in [2.24, 2.45) is 0 Å². The van der Waals surface area contributed by atoms with Crippen molar-refractivity contribution in [3.8, 4) is 0 Å². The molecule has 0 atom stereocenters. The van der Waals surface area contributed by atoms with Crippen molar-refractivity contribution in [1.82, 2.24) is 4.98 Å². The van der Waals surface area contributed by atoms with Crippen molar-refractivity contribution >= 4 is 23.5 Å². The van der Waals surface area contributed by atoms with Crippen LogP contribution in [0, 0.1) is 5.82 Å². The number of pyridine rings is 1. The molecule has 0 radical (unpaired) electrons. The molecule has 23 heavy (non-hydrogen) atoms. The Hall–Kier alpha value is -2.69. The molecule has 1 aliphatic rings. The number of hydrogen-bond donors (Lipinski definition) is 1. The van der Waals surface area contributed by atoms with Crippen LogP contribution in [0.3, 0.4) is 0 Å². The Balaban J connectivity index is 1.60. The zero-order chi connectivity index (χ0) is 16.1. The third-order valence-electron chi connectivity index (χ3n) is 3.76. The Labute approximate surface area is 134 Å². The van der Waals surface area contributed by atoms with E-state index in [9.17, 15) is 9.18 Å². The fourth-order valence-electron chi connectivity index (χ4n) is 2.55. The molecule has 1 aromatic carbocycles. The average Bonchev–Trinajstić information content (AvgIpc) is 3.09. The molecule has 1 aromatic heterocycles. The first-order chi connectivity index (χ1) is 11.2. The van der Waals surface area contributed by atoms with Crippen LogP contribution >= 0.6 is 0 Å². The first kappa shape index (κ1) is 15.2. The molecule has 2 aromatic rings. The molecule has 0 unspecified atom stereocenters. The lowest BCUT2D eigenvalue weighted by molar-refractivity contribution is -0.111. The maximum absolute atomic E-state index is 13.5. The lowest BCUT2D eigenvalue weighted by atomic mass is 10.2. The molecule has 5 heteroatoms. The molecule has 1 N–H and O–H groups in total. The molecular formula is C18H18FN3O. The van der Waals surface area contributed by atoms with Gasteiger partial charge in [0.1, 0.15) is 11.6 Å². The smallest absolute Gasteiger partial charge is 0.248 e. The molecule has 1 saturated heterocycles. The number of rotatable bonds is 4. The largest absolute Gasteiger partial charge is 0.357 e. The van der Waals surface area contributed by atoms with Crippen molar-refractivity contribution in [2.45, 2.75) is 12.8 Å². The molecule has 3 rings (SSSR count). The minimum atomic E-state index is -0.354. The van der Waals surface area contributed by atoms with Gasteiger partial charge >= 0.3 is 0 Å². The number of aromatic nitrogens is 1. The van der Waals surface area contributed by atoms with Gasteiger partial charge in [-0.05, 0) is 37.1 Å². The topological polar surface area (TPSA) is 45.2 Å². The highest BCUT2D eigenvalue weighted by atomic mass is 19.1. The number of hydrogen-bond acceptors (Lipinski definition) is 3. The number of nitrogens with zero attached hydrogens (tertiary/aromatic N) is 2. The first-order valence-corrected chi connectivity index (χ1v) is 7.67. The molecule has 1 aliphatic heterocycles. The van der Waals surface area contributed by atoms with Gasteiger partial charge in [0.2, 0.25) is 5.91 Å². The van der Waals surface area contributed by atoms with E-state index in [1.54, 1.807) is 24.4 Å². The number of carbonyl (C=O) groups is 1. The summed E-state index contributed by atoms with van der Waals surface area (Å²) in [7, 11) is 0. The Kier molecular flexibility index (Phi) is 4.66. The van der Waals surface area contributed by atoms with Gasteiger partial charge in [-0.2, -0.15) is 0 Å². The molecule has 1 amide bonds. The van der Waals surface area contributed by atoms with Gasteiger partial charge in [0, 0.05) is 24.7 Å². The van der Waals surface area contributed by atoms with E-state index in [2.05, 4.69) is 15.2 Å². The van der Waals surface area contributed by atoms with E-state index in [1.807, 2.05) is 12.1 Å². The minimum absolute atomic E-state index is 0.316. The fourth-order valence-corrected chi connectivity index (χ4v) is 2.55. The average molecular weight is 311 g/mol. The molecule has 0 aliphatic carbocycles. The Morgan fingerprint density at radius 3 is 2.65 bits per heavy atom. The molecule has 2 heterocycles. The highest BCUT2D eigenvalue weighted by Crippen LogP contribution is 2.19. The number of amides is 1. The molecule has 0 bridgehead atoms. The van der Waals surface area contributed by atoms with Gasteiger partial charge in [0.05, 0.1) is 11.9 Å². The summed E-state index contributed by atoms with van der Waals surface area (Å²) in [5.74, 6) is 0.263. The van der Waals surface area contributed by atoms with E-state index in [4.69, 9.17) is 0 Å². The van der Waals surface area contributed by atoms with Gasteiger partial charge in [-0.3, -0.25) is 4.79 Å². The predicted octanol–water partition coefficient (Wildman–Crippen LogP) is 3.47. The lowest BCUT2D eigenvalue weighted by Crippen LogP contribution is -2.18. The van der Waals surface area contributed by atoms with Crippen LogP contribution in [0.2, 0.25) is 0 Å². The fraction of sp³-hybridized carbons (Fsp3) is 0.222. The number of halogens is 1. The maximum Gasteiger partial charge on any atom is 0.248 e. The first-order valence-electron chi connectivity index (χ1n) is 7.67. The Morgan fingerprint density at radius 2 is 1.96 bits per heavy atom. The number of nitrogens with one attached hydrogen (secondary N) is 1. The van der Waals surface area contributed by atoms with Crippen molar-refractivity contribution in [1.29, 1.82) is 0 Å². The van der Waals surface area contributed by atoms with Crippen LogP contribution in [0.5, 0.6) is 0 Å². The van der Waals surface area contributed by atoms with Gasteiger partial charge in [-0.1, -0.05) is 18.2 Å². The van der Waals surface area contributed by atoms with E-state index in [1.165, 1.54) is 31.1 Å². The van der Waals surface area contributed by atoms with Gasteiger partial charge in [0.25, 0.3) is 0 Å². The van der Waals surface area contributed by atoms with Crippen molar-refractivity contribution in [3.05, 3.63) is 60.1 Å². The minimum Gasteiger partial charge on any atom is -0.357 e. The third kappa shape index (κ3) is 3.94. The quantitative estimate of drug-likeness (QED) is 0.879. The van der Waals surface area contributed by atoms with Crippen LogP contribution in [0.4, 0.5) is 15.9 Å². The number of benzene rings is 1. The molecule has 118 valence electrons. The zero-order valence-corrected chi connectivity index (χ0v) is 12.7. The van der Waals surface area contributed by atoms with E-state index in [-0.39, 0.29) is 11.7 Å². The summed E-state index contributed by atoms with van der Waals surface area (Å²) in [6.07, 6.45) is 6.80. The van der Waals surface area contributed by atoms with Crippen LogP contribution in [0.25, 0.3) is 6.08 Å². The summed E-state index contributed by atoms with van der Waals surface area (Å²) in [5.41, 5.74) is 1.00. The van der Waals surface area contributed by atoms with E-state index in [0.717, 1.165) is 18.9 Å². The number of carbonyl (C=O) groups excluding carboxylic acids is 1. The summed E-state index contributed by atoms with van der Waals surface area (Å²) in [4.78, 5) is 18.5. The van der Waals surface area contributed by atoms with Crippen LogP contribution < -0.4 is 10.2 Å². The third-order valence-corrected chi connectivity index (χ3v) is 3.76. The normalized spacial score (nSPS) is 14.4. The van der Waals surface area contributed by atoms with Crippen molar-refractivity contribution in [2.75, 3.05) is 23.3 Å². The molecule has 0 saturated carbocycles. The van der Waals surface area contributed by atoms with Crippen LogP contribution in [-0.2, 0) is 4.79 Å². The van der Waals surface area contributed by atoms with E-state index >= 15 is 0 Å². The summed E-state index contributed by atoms with van der Waals surface area (Å²) in [5, 5.41) is 2.72. The van der Waals surface area contributed by atoms with Crippen LogP contribution in [-0.4, -0.2) is 24.0 Å². The summed E-state index contributed by atoms with van der Waals surface area (Å²) < 4.78 is 13.5. The summed E-state index contributed by atoms with van der Waals surface area (Å²) in [6, 6.07) is 10.0. The highest BCUT2D eigenvalue weighted by molar-refractivity contribution is 6.01. The van der Waals surface area contributed by atoms with Gasteiger partial charge < -0.3 is 10.2 Å². The standard InChI is InChI=1S/C18H18FN3O/c19-16-6-2-1-5-14(16)7-10-18(23)21-15-8-9-17(20-13-15)22-11-3-4-12-22/h1-2,5-10,13H,3-4,11-12H2,(H,21,23)/b10-7+. The van der Waals surface area contributed by atoms with Gasteiger partial charge in [0.15, 0.2) is 0 Å². The summed E-state index contributed by atoms with van der Waals surface area (Å²) >= 11 is 0. The van der Waals surface area contributed by atoms with E-state index < -0.39 is 0 Å². The second-order valence-corrected chi connectivity index (χ2v) is 5.44. The molecule has 0 spiro atoms. The maximum atomic E-state index is 13.5. The van der Waals surface area contributed by atoms with Gasteiger partial charge in [-0.25, -0.2) is 9.37 Å². The van der Waals surface area contributed by atoms with Crippen LogP contribution in [0.1, 0.15) is 18.4 Å². The van der Waals surface area contributed by atoms with Gasteiger partial charge in [-0.15, -0.1) is 0 Å². The Morgan fingerprint density at radius 1 is 1.17 bits per heavy atom. The second-order valence-electron chi connectivity index (χ2n) is 5.44. The van der Waals surface area contributed by atoms with Crippen LogP contribution in [0.15, 0.2) is 48.7 Å². The van der Waals surface area contributed by atoms with Crippen molar-refractivity contribution < 1.29 is 9.18 Å². The van der Waals surface area contributed by atoms with E-state index in [0.29, 0.717) is 11.3 Å². The SMILES string of the molecule is O=C(/C=C/c1ccccc1F)Nc1ccc(N2CCCC2)nc1. The lowest BCUT2D eigenvalue weighted by Gasteiger charge is -2.16. The monoisotopic (exact) mass is 311 g/mol. The molecular weight excluding hydrogens is 293 g/mol. The molecule has 1 fully saturated rings. The van der Waals surface area contributed by atoms with Crippen molar-refractivity contribution in [3.63, 3.8) is 0 Å². The second kappa shape index (κ2) is 7.05.